The minimum absolute atomic E-state index is 0.0459. The van der Waals surface area contributed by atoms with Gasteiger partial charge in [0.1, 0.15) is 18.0 Å². The maximum atomic E-state index is 13.1. The highest BCUT2D eigenvalue weighted by molar-refractivity contribution is 7.90. The molecule has 2 aliphatic heterocycles. The third-order valence-corrected chi connectivity index (χ3v) is 7.49. The number of carbonyl (C=O) groups is 1. The Labute approximate surface area is 189 Å². The zero-order chi connectivity index (χ0) is 22.9. The summed E-state index contributed by atoms with van der Waals surface area (Å²) in [6.07, 6.45) is 0.225. The van der Waals surface area contributed by atoms with Crippen molar-refractivity contribution in [2.24, 2.45) is 0 Å². The lowest BCUT2D eigenvalue weighted by Gasteiger charge is -2.29. The Hall–Kier alpha value is -2.62. The molecule has 9 heteroatoms. The molecule has 2 saturated heterocycles. The number of anilines is 1. The summed E-state index contributed by atoms with van der Waals surface area (Å²) in [7, 11) is -1.94. The van der Waals surface area contributed by atoms with Crippen LogP contribution >= 0.6 is 0 Å². The quantitative estimate of drug-likeness (QED) is 0.688. The van der Waals surface area contributed by atoms with Crippen LogP contribution in [0.4, 0.5) is 5.69 Å². The summed E-state index contributed by atoms with van der Waals surface area (Å²) in [6, 6.07) is 12.7. The van der Waals surface area contributed by atoms with Gasteiger partial charge in [-0.3, -0.25) is 9.52 Å². The predicted molar refractivity (Wildman–Crippen MR) is 122 cm³/mol. The number of aryl methyl sites for hydroxylation is 2. The summed E-state index contributed by atoms with van der Waals surface area (Å²) in [5.74, 6) is 0.470. The van der Waals surface area contributed by atoms with E-state index in [1.165, 1.54) is 4.31 Å². The first kappa shape index (κ1) is 22.6. The normalized spacial score (nSPS) is 21.3. The van der Waals surface area contributed by atoms with E-state index in [-0.39, 0.29) is 18.1 Å². The zero-order valence-corrected chi connectivity index (χ0v) is 19.4. The molecule has 0 spiro atoms. The molecule has 0 aliphatic carbocycles. The molecule has 2 aliphatic rings. The van der Waals surface area contributed by atoms with Gasteiger partial charge in [-0.25, -0.2) is 0 Å². The average Bonchev–Trinajstić information content (AvgIpc) is 3.10. The molecular weight excluding hydrogens is 430 g/mol. The van der Waals surface area contributed by atoms with Crippen molar-refractivity contribution in [3.8, 4) is 5.75 Å². The molecule has 1 amide bonds. The fourth-order valence-corrected chi connectivity index (χ4v) is 5.23. The van der Waals surface area contributed by atoms with Crippen LogP contribution in [0.15, 0.2) is 42.5 Å². The Kier molecular flexibility index (Phi) is 6.41. The average molecular weight is 460 g/mol. The summed E-state index contributed by atoms with van der Waals surface area (Å²) in [5.41, 5.74) is 3.08. The van der Waals surface area contributed by atoms with Gasteiger partial charge in [0.05, 0.1) is 18.8 Å². The van der Waals surface area contributed by atoms with E-state index in [9.17, 15) is 13.2 Å². The van der Waals surface area contributed by atoms with Crippen LogP contribution in [0.1, 0.15) is 27.9 Å². The van der Waals surface area contributed by atoms with Crippen LogP contribution in [0.25, 0.3) is 0 Å². The van der Waals surface area contributed by atoms with Crippen LogP contribution in [0, 0.1) is 13.8 Å². The molecule has 2 aromatic carbocycles. The van der Waals surface area contributed by atoms with Crippen LogP contribution in [-0.2, 0) is 14.9 Å². The van der Waals surface area contributed by atoms with Crippen molar-refractivity contribution in [1.82, 2.24) is 9.21 Å². The van der Waals surface area contributed by atoms with Crippen LogP contribution in [0.3, 0.4) is 0 Å². The number of benzene rings is 2. The second kappa shape index (κ2) is 9.09. The number of nitrogens with one attached hydrogen (secondary N) is 1. The molecule has 32 heavy (non-hydrogen) atoms. The summed E-state index contributed by atoms with van der Waals surface area (Å²) in [5, 5.41) is 0. The third kappa shape index (κ3) is 4.74. The van der Waals surface area contributed by atoms with Crippen molar-refractivity contribution in [1.29, 1.82) is 0 Å². The summed E-state index contributed by atoms with van der Waals surface area (Å²) in [6.45, 7) is 5.77. The van der Waals surface area contributed by atoms with Gasteiger partial charge in [0.25, 0.3) is 5.91 Å². The second-order valence-corrected chi connectivity index (χ2v) is 10.0. The first-order valence-electron chi connectivity index (χ1n) is 10.7. The highest BCUT2D eigenvalue weighted by Crippen LogP contribution is 2.26. The van der Waals surface area contributed by atoms with E-state index in [4.69, 9.17) is 9.47 Å². The lowest BCUT2D eigenvalue weighted by Crippen LogP contribution is -2.45. The molecule has 0 bridgehead atoms. The van der Waals surface area contributed by atoms with Gasteiger partial charge in [-0.15, -0.1) is 0 Å². The molecule has 4 rings (SSSR count). The number of carbonyl (C=O) groups excluding carboxylic acids is 1. The number of rotatable bonds is 7. The monoisotopic (exact) mass is 459 g/mol. The molecule has 2 heterocycles. The van der Waals surface area contributed by atoms with Crippen LogP contribution in [-0.4, -0.2) is 69.0 Å². The van der Waals surface area contributed by atoms with E-state index in [0.717, 1.165) is 17.5 Å². The van der Waals surface area contributed by atoms with Crippen molar-refractivity contribution < 1.29 is 22.7 Å². The first-order valence-corrected chi connectivity index (χ1v) is 12.1. The lowest BCUT2D eigenvalue weighted by molar-refractivity contribution is 0.0340. The highest BCUT2D eigenvalue weighted by atomic mass is 32.2. The topological polar surface area (TPSA) is 88.2 Å². The lowest BCUT2D eigenvalue weighted by atomic mass is 10.0. The Morgan fingerprint density at radius 1 is 1.06 bits per heavy atom. The summed E-state index contributed by atoms with van der Waals surface area (Å²) < 4.78 is 40.4. The standard InChI is InChI=1S/C23H29N3O5S/c1-16-8-9-17(2)20(12-16)23(27)25-14-21(30-3)22(15-25)31-19-7-4-6-18(13-19)24-32(28,29)26-10-5-11-26/h4,6-9,12-13,21-22,24H,5,10-11,14-15H2,1-3H3/t21-,22-/m1/s1. The predicted octanol–water partition coefficient (Wildman–Crippen LogP) is 2.58. The number of ether oxygens (including phenoxy) is 2. The van der Waals surface area contributed by atoms with E-state index in [2.05, 4.69) is 4.72 Å². The van der Waals surface area contributed by atoms with E-state index < -0.39 is 10.2 Å². The van der Waals surface area contributed by atoms with Crippen molar-refractivity contribution in [2.45, 2.75) is 32.5 Å². The van der Waals surface area contributed by atoms with Gasteiger partial charge in [0, 0.05) is 31.8 Å². The van der Waals surface area contributed by atoms with E-state index in [1.54, 1.807) is 36.3 Å². The number of hydrogen-bond donors (Lipinski definition) is 1. The molecule has 2 atom stereocenters. The Bertz CT molecular complexity index is 1100. The molecule has 0 aromatic heterocycles. The smallest absolute Gasteiger partial charge is 0.301 e. The van der Waals surface area contributed by atoms with Gasteiger partial charge in [0.15, 0.2) is 0 Å². The van der Waals surface area contributed by atoms with Crippen molar-refractivity contribution in [3.63, 3.8) is 0 Å². The minimum Gasteiger partial charge on any atom is -0.486 e. The van der Waals surface area contributed by atoms with Gasteiger partial charge in [-0.05, 0) is 44.0 Å². The first-order chi connectivity index (χ1) is 15.3. The van der Waals surface area contributed by atoms with Gasteiger partial charge in [-0.2, -0.15) is 12.7 Å². The SMILES string of the molecule is CO[C@@H]1CN(C(=O)c2cc(C)ccc2C)C[C@H]1Oc1cccc(NS(=O)(=O)N2CCC2)c1. The number of nitrogens with zero attached hydrogens (tertiary/aromatic N) is 2. The van der Waals surface area contributed by atoms with E-state index in [1.807, 2.05) is 32.0 Å². The number of amides is 1. The van der Waals surface area contributed by atoms with Gasteiger partial charge in [0.2, 0.25) is 0 Å². The van der Waals surface area contributed by atoms with Crippen molar-refractivity contribution in [2.75, 3.05) is 38.0 Å². The highest BCUT2D eigenvalue weighted by Gasteiger charge is 2.38. The summed E-state index contributed by atoms with van der Waals surface area (Å²) >= 11 is 0. The molecule has 0 radical (unpaired) electrons. The van der Waals surface area contributed by atoms with E-state index in [0.29, 0.717) is 43.2 Å². The van der Waals surface area contributed by atoms with Gasteiger partial charge >= 0.3 is 10.2 Å². The number of methoxy groups -OCH3 is 1. The molecule has 0 saturated carbocycles. The molecule has 1 N–H and O–H groups in total. The Morgan fingerprint density at radius 3 is 2.50 bits per heavy atom. The van der Waals surface area contributed by atoms with Gasteiger partial charge < -0.3 is 14.4 Å². The Balaban J connectivity index is 1.46. The largest absolute Gasteiger partial charge is 0.486 e. The van der Waals surface area contributed by atoms with Crippen LogP contribution in [0.2, 0.25) is 0 Å². The van der Waals surface area contributed by atoms with E-state index >= 15 is 0 Å². The van der Waals surface area contributed by atoms with Crippen LogP contribution < -0.4 is 9.46 Å². The molecule has 0 unspecified atom stereocenters. The van der Waals surface area contributed by atoms with Gasteiger partial charge in [-0.1, -0.05) is 23.8 Å². The molecule has 172 valence electrons. The zero-order valence-electron chi connectivity index (χ0n) is 18.6. The molecule has 8 nitrogen and oxygen atoms in total. The maximum absolute atomic E-state index is 13.1. The minimum atomic E-state index is -3.54. The molecular formula is C23H29N3O5S. The van der Waals surface area contributed by atoms with Crippen LogP contribution in [0.5, 0.6) is 5.75 Å². The summed E-state index contributed by atoms with van der Waals surface area (Å²) in [4.78, 5) is 14.9. The molecule has 2 aromatic rings. The number of likely N-dealkylation sites (tertiary alicyclic amines) is 1. The number of hydrogen-bond acceptors (Lipinski definition) is 5. The second-order valence-electron chi connectivity index (χ2n) is 8.35. The van der Waals surface area contributed by atoms with Crippen molar-refractivity contribution in [3.05, 3.63) is 59.2 Å². The molecule has 2 fully saturated rings. The third-order valence-electron chi connectivity index (χ3n) is 5.95. The maximum Gasteiger partial charge on any atom is 0.301 e. The fourth-order valence-electron chi connectivity index (χ4n) is 3.93. The van der Waals surface area contributed by atoms with Crippen molar-refractivity contribution >= 4 is 21.8 Å². The Morgan fingerprint density at radius 2 is 1.81 bits per heavy atom. The fraction of sp³-hybridized carbons (Fsp3) is 0.435.